The smallest absolute Gasteiger partial charge is 0.266 e. The Bertz CT molecular complexity index is 1310. The lowest BCUT2D eigenvalue weighted by atomic mass is 10.1. The highest BCUT2D eigenvalue weighted by atomic mass is 79.9. The van der Waals surface area contributed by atoms with Crippen LogP contribution < -0.4 is 20.1 Å². The Morgan fingerprint density at radius 1 is 1.06 bits per heavy atom. The molecule has 8 heteroatoms. The molecule has 0 spiro atoms. The number of nitrogens with zero attached hydrogens (tertiary/aromatic N) is 1. The fourth-order valence-corrected chi connectivity index (χ4v) is 3.77. The lowest BCUT2D eigenvalue weighted by Crippen LogP contribution is -2.21. The van der Waals surface area contributed by atoms with Crippen molar-refractivity contribution in [2.45, 2.75) is 13.8 Å². The van der Waals surface area contributed by atoms with Crippen LogP contribution in [0.3, 0.4) is 0 Å². The van der Waals surface area contributed by atoms with Crippen molar-refractivity contribution in [3.8, 4) is 17.6 Å². The minimum Gasteiger partial charge on any atom is -0.493 e. The van der Waals surface area contributed by atoms with Gasteiger partial charge in [0, 0.05) is 11.4 Å². The first-order chi connectivity index (χ1) is 16.8. The lowest BCUT2D eigenvalue weighted by Gasteiger charge is -2.14. The molecule has 3 aromatic rings. The van der Waals surface area contributed by atoms with Crippen molar-refractivity contribution in [1.82, 2.24) is 0 Å². The number of amides is 2. The highest BCUT2D eigenvalue weighted by Gasteiger charge is 2.16. The van der Waals surface area contributed by atoms with Gasteiger partial charge in [0.1, 0.15) is 11.6 Å². The normalized spacial score (nSPS) is 10.8. The molecule has 0 saturated carbocycles. The van der Waals surface area contributed by atoms with Crippen molar-refractivity contribution in [2.75, 3.05) is 24.4 Å². The molecule has 0 aliphatic heterocycles. The maximum absolute atomic E-state index is 12.5. The fraction of sp³-hybridized carbons (Fsp3) is 0.148. The molecule has 2 amide bonds. The number of ether oxygens (including phenoxy) is 2. The van der Waals surface area contributed by atoms with Gasteiger partial charge in [-0.15, -0.1) is 0 Å². The van der Waals surface area contributed by atoms with Gasteiger partial charge in [-0.25, -0.2) is 0 Å². The van der Waals surface area contributed by atoms with Crippen LogP contribution in [0.4, 0.5) is 11.4 Å². The number of aryl methyl sites for hydroxylation is 2. The van der Waals surface area contributed by atoms with E-state index in [4.69, 9.17) is 9.47 Å². The summed E-state index contributed by atoms with van der Waals surface area (Å²) in [7, 11) is 1.46. The average molecular weight is 534 g/mol. The number of benzene rings is 3. The molecule has 0 aromatic heterocycles. The molecule has 0 saturated heterocycles. The van der Waals surface area contributed by atoms with Crippen LogP contribution in [0.15, 0.2) is 70.7 Å². The third kappa shape index (κ3) is 6.95. The van der Waals surface area contributed by atoms with Gasteiger partial charge in [-0.3, -0.25) is 9.59 Å². The predicted molar refractivity (Wildman–Crippen MR) is 139 cm³/mol. The summed E-state index contributed by atoms with van der Waals surface area (Å²) in [5.74, 6) is -0.183. The number of halogens is 1. The second-order valence-corrected chi connectivity index (χ2v) is 8.53. The van der Waals surface area contributed by atoms with E-state index < -0.39 is 5.91 Å². The van der Waals surface area contributed by atoms with E-state index in [2.05, 4.69) is 26.6 Å². The highest BCUT2D eigenvalue weighted by molar-refractivity contribution is 9.10. The van der Waals surface area contributed by atoms with Gasteiger partial charge in [0.25, 0.3) is 11.8 Å². The minimum atomic E-state index is -0.530. The number of hydrogen-bond acceptors (Lipinski definition) is 5. The van der Waals surface area contributed by atoms with Crippen molar-refractivity contribution in [2.24, 2.45) is 0 Å². The molecule has 0 unspecified atom stereocenters. The number of hydrogen-bond donors (Lipinski definition) is 2. The van der Waals surface area contributed by atoms with Crippen molar-refractivity contribution in [3.63, 3.8) is 0 Å². The molecule has 0 aliphatic carbocycles. The number of para-hydroxylation sites is 1. The van der Waals surface area contributed by atoms with Gasteiger partial charge in [0.15, 0.2) is 18.1 Å². The molecule has 0 bridgehead atoms. The zero-order valence-electron chi connectivity index (χ0n) is 19.5. The molecule has 35 heavy (non-hydrogen) atoms. The van der Waals surface area contributed by atoms with Gasteiger partial charge in [-0.05, 0) is 82.9 Å². The molecule has 0 radical (unpaired) electrons. The van der Waals surface area contributed by atoms with Gasteiger partial charge in [-0.2, -0.15) is 5.26 Å². The van der Waals surface area contributed by atoms with Crippen LogP contribution in [0.5, 0.6) is 11.5 Å². The summed E-state index contributed by atoms with van der Waals surface area (Å²) in [5.41, 5.74) is 3.76. The molecular formula is C27H24BrN3O4. The van der Waals surface area contributed by atoms with Crippen molar-refractivity contribution >= 4 is 45.2 Å². The Kier molecular flexibility index (Phi) is 8.65. The largest absolute Gasteiger partial charge is 0.493 e. The van der Waals surface area contributed by atoms with Gasteiger partial charge < -0.3 is 20.1 Å². The van der Waals surface area contributed by atoms with E-state index in [1.807, 2.05) is 44.2 Å². The van der Waals surface area contributed by atoms with Crippen LogP contribution in [-0.2, 0) is 9.59 Å². The van der Waals surface area contributed by atoms with E-state index >= 15 is 0 Å². The second kappa shape index (κ2) is 11.9. The summed E-state index contributed by atoms with van der Waals surface area (Å²) in [6.45, 7) is 3.63. The Labute approximate surface area is 212 Å². The summed E-state index contributed by atoms with van der Waals surface area (Å²) in [4.78, 5) is 25.0. The van der Waals surface area contributed by atoms with E-state index in [1.165, 1.54) is 13.2 Å². The monoisotopic (exact) mass is 533 g/mol. The van der Waals surface area contributed by atoms with Gasteiger partial charge in [-0.1, -0.05) is 30.3 Å². The molecule has 0 heterocycles. The van der Waals surface area contributed by atoms with E-state index in [-0.39, 0.29) is 18.1 Å². The highest BCUT2D eigenvalue weighted by Crippen LogP contribution is 2.37. The van der Waals surface area contributed by atoms with Crippen LogP contribution in [0.25, 0.3) is 6.08 Å². The first-order valence-corrected chi connectivity index (χ1v) is 11.5. The minimum absolute atomic E-state index is 0.0793. The number of carbonyl (C=O) groups excluding carboxylic acids is 2. The van der Waals surface area contributed by atoms with E-state index in [1.54, 1.807) is 36.4 Å². The second-order valence-electron chi connectivity index (χ2n) is 7.68. The van der Waals surface area contributed by atoms with Crippen LogP contribution in [0.1, 0.15) is 16.7 Å². The van der Waals surface area contributed by atoms with Crippen molar-refractivity contribution in [3.05, 3.63) is 87.4 Å². The van der Waals surface area contributed by atoms with E-state index in [9.17, 15) is 14.9 Å². The first-order valence-electron chi connectivity index (χ1n) is 10.7. The Hall–Kier alpha value is -4.09. The maximum atomic E-state index is 12.5. The summed E-state index contributed by atoms with van der Waals surface area (Å²) in [6, 6.07) is 19.9. The van der Waals surface area contributed by atoms with Gasteiger partial charge >= 0.3 is 0 Å². The SMILES string of the molecule is COc1cc(/C=C(\C#N)C(=O)Nc2ccccc2)cc(Br)c1OCC(=O)Nc1cc(C)ccc1C. The zero-order valence-corrected chi connectivity index (χ0v) is 21.1. The summed E-state index contributed by atoms with van der Waals surface area (Å²) >= 11 is 3.43. The maximum Gasteiger partial charge on any atom is 0.266 e. The first kappa shape index (κ1) is 25.5. The Morgan fingerprint density at radius 2 is 1.80 bits per heavy atom. The molecule has 2 N–H and O–H groups in total. The number of nitrogens with one attached hydrogen (secondary N) is 2. The van der Waals surface area contributed by atoms with Crippen LogP contribution >= 0.6 is 15.9 Å². The van der Waals surface area contributed by atoms with Crippen molar-refractivity contribution in [1.29, 1.82) is 5.26 Å². The molecular weight excluding hydrogens is 510 g/mol. The number of rotatable bonds is 8. The summed E-state index contributed by atoms with van der Waals surface area (Å²) < 4.78 is 11.7. The summed E-state index contributed by atoms with van der Waals surface area (Å²) in [6.07, 6.45) is 1.45. The third-order valence-electron chi connectivity index (χ3n) is 4.97. The van der Waals surface area contributed by atoms with E-state index in [0.717, 1.165) is 16.8 Å². The molecule has 3 rings (SSSR count). The molecule has 7 nitrogen and oxygen atoms in total. The third-order valence-corrected chi connectivity index (χ3v) is 5.56. The predicted octanol–water partition coefficient (Wildman–Crippen LogP) is 5.64. The Morgan fingerprint density at radius 3 is 2.49 bits per heavy atom. The fourth-order valence-electron chi connectivity index (χ4n) is 3.19. The Balaban J connectivity index is 1.74. The number of methoxy groups -OCH3 is 1. The van der Waals surface area contributed by atoms with E-state index in [0.29, 0.717) is 27.2 Å². The molecule has 0 fully saturated rings. The molecule has 3 aromatic carbocycles. The topological polar surface area (TPSA) is 100 Å². The molecule has 0 atom stereocenters. The number of nitriles is 1. The summed E-state index contributed by atoms with van der Waals surface area (Å²) in [5, 5.41) is 15.0. The lowest BCUT2D eigenvalue weighted by molar-refractivity contribution is -0.118. The molecule has 0 aliphatic rings. The van der Waals surface area contributed by atoms with Crippen LogP contribution in [0, 0.1) is 25.2 Å². The van der Waals surface area contributed by atoms with Gasteiger partial charge in [0.05, 0.1) is 11.6 Å². The van der Waals surface area contributed by atoms with Crippen LogP contribution in [-0.4, -0.2) is 25.5 Å². The number of anilines is 2. The average Bonchev–Trinajstić information content (AvgIpc) is 2.84. The number of carbonyl (C=O) groups is 2. The standard InChI is InChI=1S/C27H24BrN3O4/c1-17-9-10-18(2)23(11-17)31-25(32)16-35-26-22(28)13-19(14-24(26)34-3)12-20(15-29)27(33)30-21-7-5-4-6-8-21/h4-14H,16H2,1-3H3,(H,30,33)(H,31,32)/b20-12+. The zero-order chi connectivity index (χ0) is 25.4. The quantitative estimate of drug-likeness (QED) is 0.288. The van der Waals surface area contributed by atoms with Crippen molar-refractivity contribution < 1.29 is 19.1 Å². The molecule has 178 valence electrons. The van der Waals surface area contributed by atoms with Crippen LogP contribution in [0.2, 0.25) is 0 Å². The van der Waals surface area contributed by atoms with Gasteiger partial charge in [0.2, 0.25) is 0 Å².